The highest BCUT2D eigenvalue weighted by Gasteiger charge is 2.02. The van der Waals surface area contributed by atoms with Crippen LogP contribution in [0.2, 0.25) is 0 Å². The Bertz CT molecular complexity index is 599. The van der Waals surface area contributed by atoms with Crippen molar-refractivity contribution in [3.63, 3.8) is 0 Å². The lowest BCUT2D eigenvalue weighted by atomic mass is 10.2. The van der Waals surface area contributed by atoms with Crippen LogP contribution in [0.3, 0.4) is 0 Å². The second kappa shape index (κ2) is 7.53. The number of nitrogens with two attached hydrogens (primary N) is 1. The minimum absolute atomic E-state index is 0.367. The summed E-state index contributed by atoms with van der Waals surface area (Å²) in [5, 5.41) is 12.0. The molecule has 1 aromatic heterocycles. The molecule has 2 rings (SSSR count). The summed E-state index contributed by atoms with van der Waals surface area (Å²) < 4.78 is 7.27. The van der Waals surface area contributed by atoms with Crippen molar-refractivity contribution in [1.29, 1.82) is 0 Å². The average molecular weight is 289 g/mol. The van der Waals surface area contributed by atoms with Crippen molar-refractivity contribution in [3.8, 4) is 17.6 Å². The zero-order valence-electron chi connectivity index (χ0n) is 11.1. The molecule has 0 aliphatic carbocycles. The molecule has 2 N–H and O–H groups in total. The number of tetrazole rings is 1. The number of thioether (sulfide) groups is 1. The highest BCUT2D eigenvalue weighted by Crippen LogP contribution is 2.14. The zero-order chi connectivity index (χ0) is 14.2. The topological polar surface area (TPSA) is 78.8 Å². The first kappa shape index (κ1) is 14.4. The molecule has 104 valence electrons. The Labute approximate surface area is 121 Å². The van der Waals surface area contributed by atoms with E-state index in [1.165, 1.54) is 0 Å². The molecule has 7 heteroatoms. The van der Waals surface area contributed by atoms with Crippen LogP contribution in [-0.4, -0.2) is 39.1 Å². The average Bonchev–Trinajstić information content (AvgIpc) is 2.88. The van der Waals surface area contributed by atoms with E-state index in [9.17, 15) is 0 Å². The van der Waals surface area contributed by atoms with Gasteiger partial charge >= 0.3 is 0 Å². The third kappa shape index (κ3) is 4.26. The summed E-state index contributed by atoms with van der Waals surface area (Å²) in [6, 6.07) is 7.62. The molecule has 2 aromatic rings. The SMILES string of the molecule is Cn1nnnc1SCCOc1ccc(C#CCN)cc1. The van der Waals surface area contributed by atoms with E-state index in [2.05, 4.69) is 27.4 Å². The summed E-state index contributed by atoms with van der Waals surface area (Å²) in [5.74, 6) is 7.37. The van der Waals surface area contributed by atoms with E-state index in [-0.39, 0.29) is 0 Å². The smallest absolute Gasteiger partial charge is 0.209 e. The highest BCUT2D eigenvalue weighted by molar-refractivity contribution is 7.99. The molecule has 1 heterocycles. The fourth-order valence-electron chi connectivity index (χ4n) is 1.42. The van der Waals surface area contributed by atoms with E-state index in [1.54, 1.807) is 16.4 Å². The normalized spacial score (nSPS) is 9.90. The number of aromatic nitrogens is 4. The van der Waals surface area contributed by atoms with Gasteiger partial charge in [0.05, 0.1) is 13.2 Å². The molecule has 1 aromatic carbocycles. The number of hydrogen-bond donors (Lipinski definition) is 1. The number of benzene rings is 1. The molecule has 0 saturated heterocycles. The Balaban J connectivity index is 1.75. The first-order valence-electron chi connectivity index (χ1n) is 6.06. The maximum absolute atomic E-state index is 5.63. The predicted molar refractivity (Wildman–Crippen MR) is 77.4 cm³/mol. The Hall–Kier alpha value is -2.04. The van der Waals surface area contributed by atoms with Gasteiger partial charge in [0, 0.05) is 18.4 Å². The highest BCUT2D eigenvalue weighted by atomic mass is 32.2. The molecule has 0 atom stereocenters. The van der Waals surface area contributed by atoms with Crippen LogP contribution in [0.25, 0.3) is 0 Å². The van der Waals surface area contributed by atoms with E-state index in [4.69, 9.17) is 10.5 Å². The monoisotopic (exact) mass is 289 g/mol. The van der Waals surface area contributed by atoms with Crippen molar-refractivity contribution in [2.45, 2.75) is 5.16 Å². The third-order valence-corrected chi connectivity index (χ3v) is 3.33. The fourth-order valence-corrected chi connectivity index (χ4v) is 2.09. The molecule has 0 amide bonds. The van der Waals surface area contributed by atoms with Crippen LogP contribution < -0.4 is 10.5 Å². The number of nitrogens with zero attached hydrogens (tertiary/aromatic N) is 4. The Kier molecular flexibility index (Phi) is 5.41. The summed E-state index contributed by atoms with van der Waals surface area (Å²) in [7, 11) is 1.81. The molecule has 0 fully saturated rings. The van der Waals surface area contributed by atoms with Crippen LogP contribution in [0.1, 0.15) is 5.56 Å². The zero-order valence-corrected chi connectivity index (χ0v) is 11.9. The summed E-state index contributed by atoms with van der Waals surface area (Å²) >= 11 is 1.55. The van der Waals surface area contributed by atoms with Gasteiger partial charge in [0.1, 0.15) is 5.75 Å². The lowest BCUT2D eigenvalue weighted by molar-refractivity contribution is 0.344. The number of hydrogen-bond acceptors (Lipinski definition) is 6. The van der Waals surface area contributed by atoms with Crippen molar-refractivity contribution in [2.24, 2.45) is 12.8 Å². The van der Waals surface area contributed by atoms with Crippen LogP contribution >= 0.6 is 11.8 Å². The van der Waals surface area contributed by atoms with Gasteiger partial charge in [-0.1, -0.05) is 23.6 Å². The minimum Gasteiger partial charge on any atom is -0.493 e. The minimum atomic E-state index is 0.367. The molecule has 0 aliphatic heterocycles. The second-order valence-electron chi connectivity index (χ2n) is 3.81. The van der Waals surface area contributed by atoms with Gasteiger partial charge in [-0.2, -0.15) is 0 Å². The first-order valence-corrected chi connectivity index (χ1v) is 7.05. The van der Waals surface area contributed by atoms with Gasteiger partial charge in [0.25, 0.3) is 0 Å². The molecule has 0 unspecified atom stereocenters. The summed E-state index contributed by atoms with van der Waals surface area (Å²) in [4.78, 5) is 0. The van der Waals surface area contributed by atoms with Gasteiger partial charge in [-0.3, -0.25) is 0 Å². The third-order valence-electron chi connectivity index (χ3n) is 2.35. The Morgan fingerprint density at radius 2 is 2.15 bits per heavy atom. The second-order valence-corrected chi connectivity index (χ2v) is 4.87. The molecule has 0 aliphatic rings. The lowest BCUT2D eigenvalue weighted by Crippen LogP contribution is -2.02. The van der Waals surface area contributed by atoms with E-state index in [0.29, 0.717) is 13.2 Å². The van der Waals surface area contributed by atoms with E-state index in [0.717, 1.165) is 22.2 Å². The maximum Gasteiger partial charge on any atom is 0.209 e. The van der Waals surface area contributed by atoms with Gasteiger partial charge in [-0.05, 0) is 34.7 Å². The molecule has 6 nitrogen and oxygen atoms in total. The van der Waals surface area contributed by atoms with Crippen LogP contribution in [0.4, 0.5) is 0 Å². The van der Waals surface area contributed by atoms with Crippen LogP contribution in [0.5, 0.6) is 5.75 Å². The van der Waals surface area contributed by atoms with Crippen molar-refractivity contribution in [3.05, 3.63) is 29.8 Å². The number of aryl methyl sites for hydroxylation is 1. The molecule has 0 spiro atoms. The predicted octanol–water partition coefficient (Wildman–Crippen LogP) is 0.691. The Morgan fingerprint density at radius 3 is 2.80 bits per heavy atom. The molecule has 0 radical (unpaired) electrons. The summed E-state index contributed by atoms with van der Waals surface area (Å²) in [5.41, 5.74) is 6.25. The van der Waals surface area contributed by atoms with Gasteiger partial charge in [0.2, 0.25) is 5.16 Å². The van der Waals surface area contributed by atoms with Crippen molar-refractivity contribution >= 4 is 11.8 Å². The van der Waals surface area contributed by atoms with Crippen LogP contribution in [-0.2, 0) is 7.05 Å². The lowest BCUT2D eigenvalue weighted by Gasteiger charge is -2.05. The molecular weight excluding hydrogens is 274 g/mol. The van der Waals surface area contributed by atoms with Gasteiger partial charge in [-0.15, -0.1) is 5.10 Å². The molecular formula is C13H15N5OS. The fraction of sp³-hybridized carbons (Fsp3) is 0.308. The quantitative estimate of drug-likeness (QED) is 0.496. The van der Waals surface area contributed by atoms with Crippen molar-refractivity contribution in [2.75, 3.05) is 18.9 Å². The van der Waals surface area contributed by atoms with Gasteiger partial charge in [-0.25, -0.2) is 4.68 Å². The van der Waals surface area contributed by atoms with Crippen LogP contribution in [0, 0.1) is 11.8 Å². The summed E-state index contributed by atoms with van der Waals surface area (Å²) in [6.45, 7) is 0.956. The van der Waals surface area contributed by atoms with Crippen molar-refractivity contribution < 1.29 is 4.74 Å². The summed E-state index contributed by atoms with van der Waals surface area (Å²) in [6.07, 6.45) is 0. The Morgan fingerprint density at radius 1 is 1.35 bits per heavy atom. The number of ether oxygens (including phenoxy) is 1. The first-order chi connectivity index (χ1) is 9.79. The van der Waals surface area contributed by atoms with Gasteiger partial charge < -0.3 is 10.5 Å². The molecule has 0 saturated carbocycles. The maximum atomic E-state index is 5.63. The van der Waals surface area contributed by atoms with E-state index >= 15 is 0 Å². The van der Waals surface area contributed by atoms with Crippen molar-refractivity contribution in [1.82, 2.24) is 20.2 Å². The largest absolute Gasteiger partial charge is 0.493 e. The van der Waals surface area contributed by atoms with E-state index < -0.39 is 0 Å². The van der Waals surface area contributed by atoms with E-state index in [1.807, 2.05) is 31.3 Å². The molecule has 20 heavy (non-hydrogen) atoms. The number of rotatable bonds is 5. The van der Waals surface area contributed by atoms with Gasteiger partial charge in [0.15, 0.2) is 0 Å². The molecule has 0 bridgehead atoms. The van der Waals surface area contributed by atoms with Crippen LogP contribution in [0.15, 0.2) is 29.4 Å². The standard InChI is InChI=1S/C13H15N5OS/c1-18-13(15-16-17-18)20-10-9-19-12-6-4-11(5-7-12)3-2-8-14/h4-7H,8-10,14H2,1H3.